The number of methoxy groups -OCH3 is 1. The van der Waals surface area contributed by atoms with E-state index in [1.165, 1.54) is 24.8 Å². The molecule has 0 spiro atoms. The number of aromatic nitrogens is 3. The first-order valence-corrected chi connectivity index (χ1v) is 14.3. The molecule has 0 saturated carbocycles. The van der Waals surface area contributed by atoms with Crippen molar-refractivity contribution in [3.63, 3.8) is 0 Å². The lowest BCUT2D eigenvalue weighted by molar-refractivity contribution is -0.187. The van der Waals surface area contributed by atoms with Crippen molar-refractivity contribution in [2.45, 2.75) is 32.5 Å². The molecule has 1 fully saturated rings. The first-order valence-electron chi connectivity index (χ1n) is 12.6. The van der Waals surface area contributed by atoms with Gasteiger partial charge in [0.15, 0.2) is 5.82 Å². The molecule has 4 aromatic rings. The van der Waals surface area contributed by atoms with Gasteiger partial charge in [0.1, 0.15) is 22.9 Å². The third-order valence-corrected chi connectivity index (χ3v) is 8.69. The molecule has 4 heterocycles. The number of likely N-dealkylation sites (tertiary alicyclic amines) is 1. The summed E-state index contributed by atoms with van der Waals surface area (Å²) in [6, 6.07) is 5.25. The molecule has 1 unspecified atom stereocenters. The fourth-order valence-electron chi connectivity index (χ4n) is 4.72. The molecule has 14 heteroatoms. The van der Waals surface area contributed by atoms with Gasteiger partial charge in [-0.05, 0) is 49.6 Å². The van der Waals surface area contributed by atoms with E-state index in [0.29, 0.717) is 63.3 Å². The van der Waals surface area contributed by atoms with Gasteiger partial charge in [0.2, 0.25) is 0 Å². The summed E-state index contributed by atoms with van der Waals surface area (Å²) in [6.07, 6.45) is -0.519. The highest BCUT2D eigenvalue weighted by molar-refractivity contribution is 7.18. The van der Waals surface area contributed by atoms with E-state index in [-0.39, 0.29) is 23.7 Å². The minimum Gasteiger partial charge on any atom is -0.495 e. The van der Waals surface area contributed by atoms with Gasteiger partial charge in [0.05, 0.1) is 39.5 Å². The number of benzene rings is 1. The van der Waals surface area contributed by atoms with E-state index < -0.39 is 18.0 Å². The van der Waals surface area contributed by atoms with Crippen LogP contribution in [0.25, 0.3) is 10.2 Å². The van der Waals surface area contributed by atoms with Gasteiger partial charge in [0.25, 0.3) is 5.91 Å². The van der Waals surface area contributed by atoms with Crippen LogP contribution in [-0.4, -0.2) is 52.1 Å². The van der Waals surface area contributed by atoms with E-state index in [0.717, 1.165) is 5.56 Å². The van der Waals surface area contributed by atoms with E-state index in [4.69, 9.17) is 27.9 Å². The minimum absolute atomic E-state index is 0.00740. The number of alkyl halides is 3. The third-order valence-electron chi connectivity index (χ3n) is 6.85. The Morgan fingerprint density at radius 3 is 2.73 bits per heavy atom. The number of piperidine rings is 1. The number of aryl methyl sites for hydroxylation is 1. The fraction of sp³-hybridized carbons (Fsp3) is 0.333. The highest BCUT2D eigenvalue weighted by Crippen LogP contribution is 2.41. The number of pyridine rings is 1. The second-order valence-corrected chi connectivity index (χ2v) is 11.3. The number of carbonyl (C=O) groups excluding carboxylic acids is 1. The summed E-state index contributed by atoms with van der Waals surface area (Å²) in [5.74, 6) is -0.420. The number of anilines is 3. The molecule has 0 bridgehead atoms. The smallest absolute Gasteiger partial charge is 0.393 e. The van der Waals surface area contributed by atoms with Gasteiger partial charge in [-0.15, -0.1) is 11.3 Å². The number of ether oxygens (including phenoxy) is 1. The zero-order chi connectivity index (χ0) is 29.3. The van der Waals surface area contributed by atoms with Crippen LogP contribution in [0.2, 0.25) is 10.0 Å². The van der Waals surface area contributed by atoms with Gasteiger partial charge in [0, 0.05) is 24.7 Å². The maximum Gasteiger partial charge on any atom is 0.393 e. The molecule has 1 amide bonds. The van der Waals surface area contributed by atoms with Gasteiger partial charge >= 0.3 is 6.18 Å². The minimum atomic E-state index is -4.18. The Kier molecular flexibility index (Phi) is 8.55. The molecule has 1 aromatic carbocycles. The number of nitrogens with one attached hydrogen (secondary N) is 2. The number of halogens is 5. The molecule has 1 atom stereocenters. The highest BCUT2D eigenvalue weighted by atomic mass is 35.5. The number of thiophene rings is 1. The average Bonchev–Trinajstić information content (AvgIpc) is 3.39. The summed E-state index contributed by atoms with van der Waals surface area (Å²) < 4.78 is 45.4. The monoisotopic (exact) mass is 624 g/mol. The molecule has 216 valence electrons. The van der Waals surface area contributed by atoms with Crippen LogP contribution >= 0.6 is 34.5 Å². The number of fused-ring (bicyclic) bond motifs is 1. The number of nitrogens with zero attached hydrogens (tertiary/aromatic N) is 4. The van der Waals surface area contributed by atoms with Crippen LogP contribution in [0.4, 0.5) is 30.5 Å². The third kappa shape index (κ3) is 6.35. The largest absolute Gasteiger partial charge is 0.495 e. The summed E-state index contributed by atoms with van der Waals surface area (Å²) in [5, 5.41) is 8.06. The second kappa shape index (κ2) is 12.0. The van der Waals surface area contributed by atoms with Gasteiger partial charge in [-0.2, -0.15) is 13.2 Å². The van der Waals surface area contributed by atoms with E-state index >= 15 is 0 Å². The summed E-state index contributed by atoms with van der Waals surface area (Å²) in [6.45, 7) is 2.78. The maximum atomic E-state index is 13.2. The van der Waals surface area contributed by atoms with Crippen molar-refractivity contribution in [3.05, 3.63) is 62.8 Å². The van der Waals surface area contributed by atoms with E-state index in [2.05, 4.69) is 25.6 Å². The lowest BCUT2D eigenvalue weighted by Crippen LogP contribution is -2.41. The van der Waals surface area contributed by atoms with Gasteiger partial charge in [-0.3, -0.25) is 9.69 Å². The van der Waals surface area contributed by atoms with Crippen molar-refractivity contribution < 1.29 is 22.7 Å². The van der Waals surface area contributed by atoms with Gasteiger partial charge in [-0.25, -0.2) is 15.0 Å². The zero-order valence-corrected chi connectivity index (χ0v) is 24.3. The number of carbonyl (C=O) groups is 1. The van der Waals surface area contributed by atoms with Crippen LogP contribution in [-0.2, 0) is 6.54 Å². The summed E-state index contributed by atoms with van der Waals surface area (Å²) in [7, 11) is 1.47. The van der Waals surface area contributed by atoms with Crippen molar-refractivity contribution in [2.24, 2.45) is 5.92 Å². The Morgan fingerprint density at radius 1 is 1.22 bits per heavy atom. The van der Waals surface area contributed by atoms with Crippen LogP contribution in [0.3, 0.4) is 0 Å². The molecular weight excluding hydrogens is 600 g/mol. The highest BCUT2D eigenvalue weighted by Gasteiger charge is 2.41. The van der Waals surface area contributed by atoms with Crippen molar-refractivity contribution in [1.29, 1.82) is 0 Å². The number of amides is 1. The Morgan fingerprint density at radius 2 is 2.02 bits per heavy atom. The molecule has 1 saturated heterocycles. The van der Waals surface area contributed by atoms with Crippen LogP contribution < -0.4 is 15.4 Å². The molecule has 41 heavy (non-hydrogen) atoms. The maximum absolute atomic E-state index is 13.2. The zero-order valence-electron chi connectivity index (χ0n) is 22.0. The van der Waals surface area contributed by atoms with Crippen molar-refractivity contribution >= 4 is 68.0 Å². The summed E-state index contributed by atoms with van der Waals surface area (Å²) in [5.41, 5.74) is 2.48. The Hall–Kier alpha value is -3.19. The van der Waals surface area contributed by atoms with Crippen LogP contribution in [0.1, 0.15) is 34.3 Å². The Bertz CT molecular complexity index is 1580. The lowest BCUT2D eigenvalue weighted by atomic mass is 9.97. The summed E-state index contributed by atoms with van der Waals surface area (Å²) in [4.78, 5) is 28.1. The molecule has 1 aliphatic heterocycles. The quantitative estimate of drug-likeness (QED) is 0.220. The number of hydrogen-bond acceptors (Lipinski definition) is 8. The second-order valence-electron chi connectivity index (χ2n) is 9.69. The van der Waals surface area contributed by atoms with Crippen LogP contribution in [0, 0.1) is 12.8 Å². The van der Waals surface area contributed by atoms with Crippen LogP contribution in [0.5, 0.6) is 5.75 Å². The molecule has 1 aliphatic rings. The van der Waals surface area contributed by atoms with E-state index in [1.807, 2.05) is 11.0 Å². The first-order chi connectivity index (χ1) is 19.5. The van der Waals surface area contributed by atoms with Crippen LogP contribution in [0.15, 0.2) is 36.1 Å². The van der Waals surface area contributed by atoms with Crippen molar-refractivity contribution in [2.75, 3.05) is 30.8 Å². The molecular formula is C27H25Cl2F3N6O2S. The topological polar surface area (TPSA) is 92.3 Å². The lowest BCUT2D eigenvalue weighted by Gasteiger charge is -2.33. The van der Waals surface area contributed by atoms with Gasteiger partial charge < -0.3 is 15.4 Å². The molecule has 0 aliphatic carbocycles. The summed E-state index contributed by atoms with van der Waals surface area (Å²) >= 11 is 14.1. The van der Waals surface area contributed by atoms with Crippen molar-refractivity contribution in [3.8, 4) is 5.75 Å². The SMILES string of the molecule is COc1cc(C)c(Cl)c(NC(=O)c2csc3c(Nc4ccc(CN5CCCC(C(F)(F)F)C5)cn4)ncnc23)c1Cl. The van der Waals surface area contributed by atoms with Gasteiger partial charge in [-0.1, -0.05) is 29.3 Å². The Labute approximate surface area is 247 Å². The fourth-order valence-corrected chi connectivity index (χ4v) is 6.18. The molecule has 8 nitrogen and oxygen atoms in total. The van der Waals surface area contributed by atoms with E-state index in [1.54, 1.807) is 30.6 Å². The molecule has 5 rings (SSSR count). The average molecular weight is 626 g/mol. The molecule has 2 N–H and O–H groups in total. The predicted octanol–water partition coefficient (Wildman–Crippen LogP) is 7.48. The van der Waals surface area contributed by atoms with E-state index in [9.17, 15) is 18.0 Å². The predicted molar refractivity (Wildman–Crippen MR) is 155 cm³/mol. The number of hydrogen-bond donors (Lipinski definition) is 2. The molecule has 0 radical (unpaired) electrons. The number of rotatable bonds is 7. The first kappa shape index (κ1) is 29.3. The normalized spacial score (nSPS) is 16.1. The van der Waals surface area contributed by atoms with Crippen molar-refractivity contribution in [1.82, 2.24) is 19.9 Å². The Balaban J connectivity index is 1.30. The standard InChI is InChI=1S/C27H25Cl2F3N6O2S/c1-14-8-18(40-2)21(29)23(20(14)28)37-26(39)17-12-41-24-22(17)34-13-35-25(24)36-19-6-5-15(9-33-19)10-38-7-3-4-16(11-38)27(30,31)32/h5-6,8-9,12-13,16H,3-4,7,10-11H2,1-2H3,(H,37,39)(H,33,34,35,36). The molecule has 3 aromatic heterocycles.